The number of anilines is 1. The molecular weight excluding hydrogens is 339 g/mol. The smallest absolute Gasteiger partial charge is 0.417 e. The molecule has 23 heavy (non-hydrogen) atoms. The van der Waals surface area contributed by atoms with Gasteiger partial charge in [-0.1, -0.05) is 11.6 Å². The van der Waals surface area contributed by atoms with Gasteiger partial charge in [-0.3, -0.25) is 0 Å². The number of esters is 2. The van der Waals surface area contributed by atoms with Gasteiger partial charge in [0.1, 0.15) is 0 Å². The maximum absolute atomic E-state index is 12.6. The van der Waals surface area contributed by atoms with Gasteiger partial charge >= 0.3 is 18.1 Å². The molecule has 1 saturated heterocycles. The van der Waals surface area contributed by atoms with Crippen LogP contribution in [0.25, 0.3) is 0 Å². The molecule has 1 aromatic rings. The van der Waals surface area contributed by atoms with E-state index in [0.717, 1.165) is 24.4 Å². The van der Waals surface area contributed by atoms with Crippen LogP contribution in [0.1, 0.15) is 19.4 Å². The lowest BCUT2D eigenvalue weighted by Gasteiger charge is -2.29. The van der Waals surface area contributed by atoms with E-state index >= 15 is 0 Å². The average Bonchev–Trinajstić information content (AvgIpc) is 2.34. The molecule has 0 aromatic heterocycles. The van der Waals surface area contributed by atoms with Crippen LogP contribution in [0, 0.1) is 0 Å². The third kappa shape index (κ3) is 3.95. The van der Waals surface area contributed by atoms with Crippen LogP contribution in [0.5, 0.6) is 0 Å². The standard InChI is InChI=1S/C14H11ClF3NO4/c1-13(2)22-11(20)8(12(21)23-13)6-19-7-3-4-9(10(15)5-7)14(16,17)18/h3-6,19H,1-2H3. The molecule has 0 aliphatic carbocycles. The Labute approximate surface area is 134 Å². The summed E-state index contributed by atoms with van der Waals surface area (Å²) in [6.07, 6.45) is -3.59. The van der Waals surface area contributed by atoms with E-state index in [1.54, 1.807) is 0 Å². The molecule has 1 aliphatic rings. The highest BCUT2D eigenvalue weighted by atomic mass is 35.5. The van der Waals surface area contributed by atoms with Crippen LogP contribution in [0.15, 0.2) is 30.0 Å². The molecule has 0 bridgehead atoms. The van der Waals surface area contributed by atoms with Crippen molar-refractivity contribution in [3.63, 3.8) is 0 Å². The molecule has 124 valence electrons. The van der Waals surface area contributed by atoms with Gasteiger partial charge in [-0.2, -0.15) is 13.2 Å². The molecule has 1 fully saturated rings. The molecule has 9 heteroatoms. The van der Waals surface area contributed by atoms with Crippen molar-refractivity contribution in [3.8, 4) is 0 Å². The number of ether oxygens (including phenoxy) is 2. The van der Waals surface area contributed by atoms with Gasteiger partial charge in [-0.25, -0.2) is 9.59 Å². The van der Waals surface area contributed by atoms with Crippen LogP contribution in [-0.2, 0) is 25.2 Å². The van der Waals surface area contributed by atoms with E-state index in [-0.39, 0.29) is 5.69 Å². The molecule has 1 N–H and O–H groups in total. The van der Waals surface area contributed by atoms with E-state index in [9.17, 15) is 22.8 Å². The molecule has 1 aromatic carbocycles. The van der Waals surface area contributed by atoms with Gasteiger partial charge in [0.05, 0.1) is 10.6 Å². The number of halogens is 4. The monoisotopic (exact) mass is 349 g/mol. The number of hydrogen-bond donors (Lipinski definition) is 1. The van der Waals surface area contributed by atoms with Crippen LogP contribution in [0.3, 0.4) is 0 Å². The van der Waals surface area contributed by atoms with Gasteiger partial charge in [0.25, 0.3) is 5.79 Å². The van der Waals surface area contributed by atoms with Crippen LogP contribution < -0.4 is 5.32 Å². The maximum Gasteiger partial charge on any atom is 0.417 e. The zero-order valence-corrected chi connectivity index (χ0v) is 12.7. The van der Waals surface area contributed by atoms with Gasteiger partial charge in [0, 0.05) is 25.7 Å². The molecule has 0 radical (unpaired) electrons. The Morgan fingerprint density at radius 3 is 2.22 bits per heavy atom. The number of cyclic esters (lactones) is 2. The van der Waals surface area contributed by atoms with E-state index in [2.05, 4.69) is 5.32 Å². The zero-order chi connectivity index (χ0) is 17.4. The lowest BCUT2D eigenvalue weighted by molar-refractivity contribution is -0.222. The number of alkyl halides is 3. The first-order chi connectivity index (χ1) is 10.5. The molecule has 0 atom stereocenters. The summed E-state index contributed by atoms with van der Waals surface area (Å²) in [6.45, 7) is 2.78. The zero-order valence-electron chi connectivity index (χ0n) is 12.0. The fourth-order valence-corrected chi connectivity index (χ4v) is 2.06. The number of carbonyl (C=O) groups excluding carboxylic acids is 2. The normalized spacial score (nSPS) is 17.4. The minimum atomic E-state index is -4.57. The number of carbonyl (C=O) groups is 2. The Balaban J connectivity index is 2.19. The van der Waals surface area contributed by atoms with Gasteiger partial charge in [0.15, 0.2) is 5.57 Å². The third-order valence-corrected chi connectivity index (χ3v) is 3.09. The van der Waals surface area contributed by atoms with Crippen molar-refractivity contribution in [1.82, 2.24) is 0 Å². The lowest BCUT2D eigenvalue weighted by Crippen LogP contribution is -2.42. The minimum Gasteiger partial charge on any atom is -0.419 e. The summed E-state index contributed by atoms with van der Waals surface area (Å²) in [6, 6.07) is 2.91. The van der Waals surface area contributed by atoms with Crippen LogP contribution in [-0.4, -0.2) is 17.7 Å². The summed E-state index contributed by atoms with van der Waals surface area (Å²) in [5.74, 6) is -3.18. The SMILES string of the molecule is CC1(C)OC(=O)C(=CNc2ccc(C(F)(F)F)c(Cl)c2)C(=O)O1. The number of rotatable bonds is 2. The Morgan fingerprint density at radius 1 is 1.17 bits per heavy atom. The van der Waals surface area contributed by atoms with Gasteiger partial charge < -0.3 is 14.8 Å². The van der Waals surface area contributed by atoms with Crippen LogP contribution in [0.2, 0.25) is 5.02 Å². The number of hydrogen-bond acceptors (Lipinski definition) is 5. The van der Waals surface area contributed by atoms with Crippen molar-refractivity contribution in [3.05, 3.63) is 40.6 Å². The molecular formula is C14H11ClF3NO4. The second-order valence-corrected chi connectivity index (χ2v) is 5.48. The number of benzene rings is 1. The highest BCUT2D eigenvalue weighted by Crippen LogP contribution is 2.35. The summed E-state index contributed by atoms with van der Waals surface area (Å²) >= 11 is 5.57. The van der Waals surface area contributed by atoms with E-state index < -0.39 is 40.1 Å². The van der Waals surface area contributed by atoms with Crippen LogP contribution >= 0.6 is 11.6 Å². The molecule has 0 unspecified atom stereocenters. The van der Waals surface area contributed by atoms with Crippen LogP contribution in [0.4, 0.5) is 18.9 Å². The highest BCUT2D eigenvalue weighted by molar-refractivity contribution is 6.31. The van der Waals surface area contributed by atoms with Crippen molar-refractivity contribution < 1.29 is 32.2 Å². The largest absolute Gasteiger partial charge is 0.419 e. The van der Waals surface area contributed by atoms with E-state index in [0.29, 0.717) is 0 Å². The summed E-state index contributed by atoms with van der Waals surface area (Å²) in [5.41, 5.74) is -1.25. The Kier molecular flexibility index (Phi) is 4.30. The van der Waals surface area contributed by atoms with Crippen molar-refractivity contribution in [2.75, 3.05) is 5.32 Å². The summed E-state index contributed by atoms with van der Waals surface area (Å²) in [5, 5.41) is 1.99. The predicted molar refractivity (Wildman–Crippen MR) is 74.4 cm³/mol. The first-order valence-corrected chi connectivity index (χ1v) is 6.67. The molecule has 5 nitrogen and oxygen atoms in total. The molecule has 0 spiro atoms. The fraction of sp³-hybridized carbons (Fsp3) is 0.286. The van der Waals surface area contributed by atoms with E-state index in [4.69, 9.17) is 21.1 Å². The van der Waals surface area contributed by atoms with Crippen molar-refractivity contribution in [2.45, 2.75) is 25.8 Å². The van der Waals surface area contributed by atoms with Gasteiger partial charge in [-0.15, -0.1) is 0 Å². The quantitative estimate of drug-likeness (QED) is 0.503. The molecule has 0 amide bonds. The summed E-state index contributed by atoms with van der Waals surface area (Å²) in [4.78, 5) is 23.4. The van der Waals surface area contributed by atoms with E-state index in [1.807, 2.05) is 0 Å². The highest BCUT2D eigenvalue weighted by Gasteiger charge is 2.39. The Morgan fingerprint density at radius 2 is 1.74 bits per heavy atom. The number of nitrogens with one attached hydrogen (secondary N) is 1. The Bertz CT molecular complexity index is 676. The van der Waals surface area contributed by atoms with E-state index in [1.165, 1.54) is 13.8 Å². The second-order valence-electron chi connectivity index (χ2n) is 5.07. The Hall–Kier alpha value is -2.22. The second kappa shape index (κ2) is 5.77. The van der Waals surface area contributed by atoms with Gasteiger partial charge in [-0.05, 0) is 18.2 Å². The summed E-state index contributed by atoms with van der Waals surface area (Å²) < 4.78 is 47.5. The third-order valence-electron chi connectivity index (χ3n) is 2.77. The van der Waals surface area contributed by atoms with Gasteiger partial charge in [0.2, 0.25) is 0 Å². The van der Waals surface area contributed by atoms with Crippen molar-refractivity contribution in [1.29, 1.82) is 0 Å². The minimum absolute atomic E-state index is 0.154. The first kappa shape index (κ1) is 17.1. The summed E-state index contributed by atoms with van der Waals surface area (Å²) in [7, 11) is 0. The first-order valence-electron chi connectivity index (χ1n) is 6.30. The predicted octanol–water partition coefficient (Wildman–Crippen LogP) is 3.49. The lowest BCUT2D eigenvalue weighted by atomic mass is 10.2. The van der Waals surface area contributed by atoms with Crippen molar-refractivity contribution >= 4 is 29.2 Å². The molecule has 2 rings (SSSR count). The topological polar surface area (TPSA) is 64.6 Å². The molecule has 0 saturated carbocycles. The van der Waals surface area contributed by atoms with Crippen molar-refractivity contribution in [2.24, 2.45) is 0 Å². The fourth-order valence-electron chi connectivity index (χ4n) is 1.77. The molecule has 1 heterocycles. The average molecular weight is 350 g/mol. The maximum atomic E-state index is 12.6. The molecule has 1 aliphatic heterocycles.